The van der Waals surface area contributed by atoms with Gasteiger partial charge in [0.05, 0.1) is 12.2 Å². The molecule has 1 aromatic rings. The van der Waals surface area contributed by atoms with Crippen LogP contribution in [0.3, 0.4) is 0 Å². The maximum Gasteiger partial charge on any atom is 0.191 e. The van der Waals surface area contributed by atoms with Crippen molar-refractivity contribution in [3.8, 4) is 0 Å². The summed E-state index contributed by atoms with van der Waals surface area (Å²) >= 11 is 1.70. The third kappa shape index (κ3) is 9.46. The Morgan fingerprint density at radius 2 is 2.09 bits per heavy atom. The summed E-state index contributed by atoms with van der Waals surface area (Å²) in [5, 5.41) is 9.92. The van der Waals surface area contributed by atoms with Crippen molar-refractivity contribution < 1.29 is 0 Å². The van der Waals surface area contributed by atoms with Gasteiger partial charge in [-0.25, -0.2) is 4.98 Å². The molecule has 23 heavy (non-hydrogen) atoms. The number of halogens is 1. The Labute approximate surface area is 162 Å². The first-order valence-corrected chi connectivity index (χ1v) is 9.02. The van der Waals surface area contributed by atoms with Crippen molar-refractivity contribution in [3.63, 3.8) is 0 Å². The van der Waals surface area contributed by atoms with Crippen LogP contribution in [-0.2, 0) is 6.54 Å². The summed E-state index contributed by atoms with van der Waals surface area (Å²) < 4.78 is 0. The zero-order valence-electron chi connectivity index (χ0n) is 15.1. The molecule has 0 saturated carbocycles. The van der Waals surface area contributed by atoms with E-state index in [1.54, 1.807) is 18.4 Å². The molecule has 1 heterocycles. The topological polar surface area (TPSA) is 52.5 Å². The van der Waals surface area contributed by atoms with Crippen LogP contribution in [-0.4, -0.2) is 49.6 Å². The fraction of sp³-hybridized carbons (Fsp3) is 0.750. The molecule has 0 aliphatic rings. The minimum absolute atomic E-state index is 0. The van der Waals surface area contributed by atoms with Crippen LogP contribution in [0.2, 0.25) is 0 Å². The smallest absolute Gasteiger partial charge is 0.191 e. The molecular formula is C16H32IN5S. The third-order valence-electron chi connectivity index (χ3n) is 3.47. The molecule has 0 amide bonds. The lowest BCUT2D eigenvalue weighted by atomic mass is 10.2. The van der Waals surface area contributed by atoms with Crippen LogP contribution in [0.25, 0.3) is 0 Å². The first kappa shape index (κ1) is 22.6. The summed E-state index contributed by atoms with van der Waals surface area (Å²) in [6, 6.07) is 0. The molecule has 0 fully saturated rings. The summed E-state index contributed by atoms with van der Waals surface area (Å²) in [5.74, 6) is 1.33. The first-order chi connectivity index (χ1) is 10.6. The number of rotatable bonds is 9. The second kappa shape index (κ2) is 12.9. The zero-order valence-corrected chi connectivity index (χ0v) is 18.2. The van der Waals surface area contributed by atoms with Crippen molar-refractivity contribution in [2.75, 3.05) is 33.7 Å². The second-order valence-electron chi connectivity index (χ2n) is 5.83. The molecule has 7 heteroatoms. The second-order valence-corrected chi connectivity index (χ2v) is 6.77. The molecule has 0 aliphatic carbocycles. The predicted octanol–water partition coefficient (Wildman–Crippen LogP) is 3.28. The minimum atomic E-state index is 0. The van der Waals surface area contributed by atoms with E-state index in [1.807, 2.05) is 0 Å². The highest BCUT2D eigenvalue weighted by molar-refractivity contribution is 14.0. The van der Waals surface area contributed by atoms with Gasteiger partial charge in [0.2, 0.25) is 0 Å². The third-order valence-corrected chi connectivity index (χ3v) is 4.34. The molecule has 5 nitrogen and oxygen atoms in total. The molecule has 0 saturated heterocycles. The Kier molecular flexibility index (Phi) is 12.7. The minimum Gasteiger partial charge on any atom is -0.355 e. The van der Waals surface area contributed by atoms with E-state index in [2.05, 4.69) is 58.7 Å². The number of aromatic nitrogens is 1. The molecule has 134 valence electrons. The van der Waals surface area contributed by atoms with E-state index in [9.17, 15) is 0 Å². The van der Waals surface area contributed by atoms with Gasteiger partial charge < -0.3 is 15.5 Å². The Morgan fingerprint density at radius 3 is 2.65 bits per heavy atom. The molecule has 0 radical (unpaired) electrons. The van der Waals surface area contributed by atoms with Gasteiger partial charge in [-0.15, -0.1) is 35.3 Å². The normalized spacial score (nSPS) is 11.7. The highest BCUT2D eigenvalue weighted by Gasteiger charge is 2.06. The number of guanidine groups is 1. The SMILES string of the molecule is CCCCN(C)CCNC(=NC)NCc1nc(C(C)C)cs1.I. The van der Waals surface area contributed by atoms with Crippen molar-refractivity contribution >= 4 is 41.3 Å². The van der Waals surface area contributed by atoms with E-state index in [-0.39, 0.29) is 24.0 Å². The number of hydrogen-bond acceptors (Lipinski definition) is 4. The molecule has 2 N–H and O–H groups in total. The summed E-state index contributed by atoms with van der Waals surface area (Å²) in [6.07, 6.45) is 2.50. The van der Waals surface area contributed by atoms with Gasteiger partial charge in [-0.1, -0.05) is 27.2 Å². The molecule has 0 atom stereocenters. The maximum absolute atomic E-state index is 4.62. The lowest BCUT2D eigenvalue weighted by Crippen LogP contribution is -2.40. The van der Waals surface area contributed by atoms with Gasteiger partial charge in [0.25, 0.3) is 0 Å². The van der Waals surface area contributed by atoms with Crippen LogP contribution < -0.4 is 10.6 Å². The zero-order chi connectivity index (χ0) is 16.4. The lowest BCUT2D eigenvalue weighted by molar-refractivity contribution is 0.332. The molecule has 0 bridgehead atoms. The van der Waals surface area contributed by atoms with Crippen molar-refractivity contribution in [1.82, 2.24) is 20.5 Å². The predicted molar refractivity (Wildman–Crippen MR) is 112 cm³/mol. The number of nitrogens with one attached hydrogen (secondary N) is 2. The van der Waals surface area contributed by atoms with E-state index in [0.29, 0.717) is 5.92 Å². The van der Waals surface area contributed by atoms with Crippen molar-refractivity contribution in [2.24, 2.45) is 4.99 Å². The van der Waals surface area contributed by atoms with Gasteiger partial charge in [-0.05, 0) is 25.9 Å². The monoisotopic (exact) mass is 453 g/mol. The Morgan fingerprint density at radius 1 is 1.35 bits per heavy atom. The Balaban J connectivity index is 0.00000484. The van der Waals surface area contributed by atoms with E-state index in [0.717, 1.165) is 37.1 Å². The standard InChI is InChI=1S/C16H31N5S.HI/c1-6-7-9-21(5)10-8-18-16(17-4)19-11-15-20-14(12-22-15)13(2)3;/h12-13H,6-11H2,1-5H3,(H2,17,18,19);1H. The number of hydrogen-bond donors (Lipinski definition) is 2. The number of likely N-dealkylation sites (N-methyl/N-ethyl adjacent to an activating group) is 1. The van der Waals surface area contributed by atoms with Crippen LogP contribution in [0.5, 0.6) is 0 Å². The number of nitrogens with zero attached hydrogens (tertiary/aromatic N) is 3. The van der Waals surface area contributed by atoms with Crippen molar-refractivity contribution in [1.29, 1.82) is 0 Å². The molecule has 0 spiro atoms. The van der Waals surface area contributed by atoms with Gasteiger partial charge in [0.15, 0.2) is 5.96 Å². The van der Waals surface area contributed by atoms with Gasteiger partial charge in [0.1, 0.15) is 5.01 Å². The van der Waals surface area contributed by atoms with Gasteiger partial charge in [0, 0.05) is 25.5 Å². The largest absolute Gasteiger partial charge is 0.355 e. The molecule has 0 unspecified atom stereocenters. The summed E-state index contributed by atoms with van der Waals surface area (Å²) in [5.41, 5.74) is 1.17. The number of unbranched alkanes of at least 4 members (excludes halogenated alkanes) is 1. The quantitative estimate of drug-likeness (QED) is 0.342. The highest BCUT2D eigenvalue weighted by atomic mass is 127. The summed E-state index contributed by atoms with van der Waals surface area (Å²) in [7, 11) is 3.97. The van der Waals surface area contributed by atoms with Gasteiger partial charge >= 0.3 is 0 Å². The average Bonchev–Trinajstić information content (AvgIpc) is 2.97. The summed E-state index contributed by atoms with van der Waals surface area (Å²) in [6.45, 7) is 10.4. The summed E-state index contributed by atoms with van der Waals surface area (Å²) in [4.78, 5) is 11.2. The average molecular weight is 453 g/mol. The Bertz CT molecular complexity index is 447. The molecular weight excluding hydrogens is 421 g/mol. The Hall–Kier alpha value is -0.410. The lowest BCUT2D eigenvalue weighted by Gasteiger charge is -2.17. The van der Waals surface area contributed by atoms with Crippen LogP contribution in [0.4, 0.5) is 0 Å². The number of thiazole rings is 1. The first-order valence-electron chi connectivity index (χ1n) is 8.14. The fourth-order valence-corrected chi connectivity index (χ4v) is 2.85. The van der Waals surface area contributed by atoms with Gasteiger partial charge in [-0.2, -0.15) is 0 Å². The van der Waals surface area contributed by atoms with Crippen LogP contribution in [0, 0.1) is 0 Å². The number of aliphatic imine (C=N–C) groups is 1. The van der Waals surface area contributed by atoms with E-state index >= 15 is 0 Å². The van der Waals surface area contributed by atoms with E-state index in [4.69, 9.17) is 0 Å². The van der Waals surface area contributed by atoms with Crippen LogP contribution in [0.15, 0.2) is 10.4 Å². The highest BCUT2D eigenvalue weighted by Crippen LogP contribution is 2.17. The maximum atomic E-state index is 4.62. The molecule has 1 aromatic heterocycles. The van der Waals surface area contributed by atoms with Crippen LogP contribution >= 0.6 is 35.3 Å². The molecule has 0 aliphatic heterocycles. The van der Waals surface area contributed by atoms with Crippen molar-refractivity contribution in [3.05, 3.63) is 16.1 Å². The fourth-order valence-electron chi connectivity index (χ4n) is 1.96. The van der Waals surface area contributed by atoms with Crippen molar-refractivity contribution in [2.45, 2.75) is 46.1 Å². The van der Waals surface area contributed by atoms with E-state index in [1.165, 1.54) is 18.5 Å². The molecule has 1 rings (SSSR count). The van der Waals surface area contributed by atoms with E-state index < -0.39 is 0 Å². The molecule has 0 aromatic carbocycles. The van der Waals surface area contributed by atoms with Crippen LogP contribution in [0.1, 0.15) is 50.2 Å². The van der Waals surface area contributed by atoms with Gasteiger partial charge in [-0.3, -0.25) is 4.99 Å².